The molecular formula is C12H10SSi. The summed E-state index contributed by atoms with van der Waals surface area (Å²) >= 11 is 1.72. The molecule has 2 heteroatoms. The van der Waals surface area contributed by atoms with Gasteiger partial charge in [0.2, 0.25) is 0 Å². The normalized spacial score (nSPS) is 10.0. The summed E-state index contributed by atoms with van der Waals surface area (Å²) in [5.41, 5.74) is 1.28. The van der Waals surface area contributed by atoms with E-state index in [4.69, 9.17) is 0 Å². The highest BCUT2D eigenvalue weighted by Crippen LogP contribution is 2.14. The summed E-state index contributed by atoms with van der Waals surface area (Å²) in [6.07, 6.45) is 0. The van der Waals surface area contributed by atoms with E-state index in [-0.39, 0.29) is 0 Å². The first-order valence-corrected chi connectivity index (χ1v) is 6.34. The molecule has 0 amide bonds. The molecule has 0 saturated carbocycles. The molecule has 0 saturated heterocycles. The molecule has 1 heterocycles. The molecule has 0 N–H and O–H groups in total. The average molecular weight is 214 g/mol. The van der Waals surface area contributed by atoms with Gasteiger partial charge in [-0.2, -0.15) is 11.3 Å². The van der Waals surface area contributed by atoms with Gasteiger partial charge in [0, 0.05) is 0 Å². The van der Waals surface area contributed by atoms with Crippen LogP contribution in [0.4, 0.5) is 0 Å². The second-order valence-electron chi connectivity index (χ2n) is 2.98. The van der Waals surface area contributed by atoms with Gasteiger partial charge in [-0.05, 0) is 22.4 Å². The first-order valence-electron chi connectivity index (χ1n) is 4.40. The molecule has 0 bridgehead atoms. The largest absolute Gasteiger partial charge is 0.152 e. The molecule has 1 aromatic carbocycles. The Bertz CT molecular complexity index is 403. The minimum Gasteiger partial charge on any atom is -0.152 e. The molecule has 2 rings (SSSR count). The Balaban J connectivity index is 2.10. The van der Waals surface area contributed by atoms with Crippen molar-refractivity contribution in [2.24, 2.45) is 0 Å². The van der Waals surface area contributed by atoms with Gasteiger partial charge in [-0.25, -0.2) is 0 Å². The van der Waals surface area contributed by atoms with Crippen molar-refractivity contribution in [1.82, 2.24) is 0 Å². The van der Waals surface area contributed by atoms with Gasteiger partial charge in [-0.3, -0.25) is 0 Å². The molecular weight excluding hydrogens is 204 g/mol. The average Bonchev–Trinajstić information content (AvgIpc) is 2.72. The van der Waals surface area contributed by atoms with Crippen molar-refractivity contribution in [2.45, 2.75) is 0 Å². The van der Waals surface area contributed by atoms with Gasteiger partial charge in [-0.15, -0.1) is 0 Å². The Hall–Kier alpha value is -1.12. The van der Waals surface area contributed by atoms with Crippen LogP contribution in [-0.4, -0.2) is 9.52 Å². The van der Waals surface area contributed by atoms with Gasteiger partial charge < -0.3 is 0 Å². The Morgan fingerprint density at radius 1 is 1.14 bits per heavy atom. The highest BCUT2D eigenvalue weighted by Gasteiger charge is 2.01. The van der Waals surface area contributed by atoms with Crippen LogP contribution in [0.15, 0.2) is 53.7 Å². The first kappa shape index (κ1) is 9.43. The van der Waals surface area contributed by atoms with E-state index in [2.05, 4.69) is 47.7 Å². The molecule has 14 heavy (non-hydrogen) atoms. The van der Waals surface area contributed by atoms with Crippen LogP contribution in [0, 0.1) is 0 Å². The lowest BCUT2D eigenvalue weighted by Gasteiger charge is -2.01. The molecule has 0 aliphatic carbocycles. The van der Waals surface area contributed by atoms with Crippen LogP contribution in [0.2, 0.25) is 0 Å². The van der Waals surface area contributed by atoms with Gasteiger partial charge in [0.05, 0.1) is 0 Å². The number of benzene rings is 1. The third-order valence-corrected chi connectivity index (χ3v) is 3.83. The zero-order chi connectivity index (χ0) is 9.80. The predicted molar refractivity (Wildman–Crippen MR) is 65.2 cm³/mol. The summed E-state index contributed by atoms with van der Waals surface area (Å²) in [4.78, 5) is 0. The Morgan fingerprint density at radius 3 is 2.57 bits per heavy atom. The minimum absolute atomic E-state index is 0.685. The van der Waals surface area contributed by atoms with E-state index in [0.717, 1.165) is 0 Å². The van der Waals surface area contributed by atoms with Crippen LogP contribution in [0.5, 0.6) is 0 Å². The van der Waals surface area contributed by atoms with Gasteiger partial charge in [0.15, 0.2) is 0 Å². The van der Waals surface area contributed by atoms with E-state index < -0.39 is 0 Å². The van der Waals surface area contributed by atoms with Gasteiger partial charge >= 0.3 is 0 Å². The fourth-order valence-electron chi connectivity index (χ4n) is 1.20. The fourth-order valence-corrected chi connectivity index (χ4v) is 2.99. The lowest BCUT2D eigenvalue weighted by Crippen LogP contribution is -2.14. The Morgan fingerprint density at radius 2 is 1.93 bits per heavy atom. The van der Waals surface area contributed by atoms with Crippen LogP contribution in [0.3, 0.4) is 0 Å². The Kier molecular flexibility index (Phi) is 2.96. The van der Waals surface area contributed by atoms with E-state index >= 15 is 0 Å². The smallest absolute Gasteiger partial charge is 0.121 e. The van der Waals surface area contributed by atoms with Gasteiger partial charge in [0.1, 0.15) is 9.52 Å². The van der Waals surface area contributed by atoms with E-state index in [1.165, 1.54) is 15.9 Å². The van der Waals surface area contributed by atoms with Crippen molar-refractivity contribution in [3.05, 3.63) is 59.3 Å². The molecule has 0 fully saturated rings. The van der Waals surface area contributed by atoms with Crippen molar-refractivity contribution < 1.29 is 0 Å². The number of hydrogen-bond donors (Lipinski definition) is 0. The maximum atomic E-state index is 4.11. The van der Waals surface area contributed by atoms with Crippen molar-refractivity contribution in [2.75, 3.05) is 0 Å². The van der Waals surface area contributed by atoms with E-state index in [1.807, 2.05) is 6.07 Å². The monoisotopic (exact) mass is 214 g/mol. The molecule has 1 aromatic heterocycles. The summed E-state index contributed by atoms with van der Waals surface area (Å²) < 4.78 is 0. The van der Waals surface area contributed by atoms with Crippen LogP contribution < -0.4 is 5.19 Å². The summed E-state index contributed by atoms with van der Waals surface area (Å²) in [7, 11) is 0.685. The summed E-state index contributed by atoms with van der Waals surface area (Å²) in [5, 5.41) is 6.81. The summed E-state index contributed by atoms with van der Waals surface area (Å²) in [5.74, 6) is 0. The van der Waals surface area contributed by atoms with Crippen LogP contribution in [0.25, 0.3) is 5.20 Å². The third kappa shape index (κ3) is 2.22. The van der Waals surface area contributed by atoms with Crippen molar-refractivity contribution in [3.63, 3.8) is 0 Å². The lowest BCUT2D eigenvalue weighted by atomic mass is 10.3. The molecule has 0 unspecified atom stereocenters. The number of rotatable bonds is 3. The van der Waals surface area contributed by atoms with Crippen molar-refractivity contribution >= 4 is 31.2 Å². The van der Waals surface area contributed by atoms with Crippen LogP contribution in [0.1, 0.15) is 5.56 Å². The van der Waals surface area contributed by atoms with E-state index in [0.29, 0.717) is 9.52 Å². The van der Waals surface area contributed by atoms with Crippen LogP contribution in [-0.2, 0) is 0 Å². The fraction of sp³-hybridized carbons (Fsp3) is 0. The quantitative estimate of drug-likeness (QED) is 0.689. The maximum Gasteiger partial charge on any atom is 0.121 e. The molecule has 0 nitrogen and oxygen atoms in total. The van der Waals surface area contributed by atoms with E-state index in [9.17, 15) is 0 Å². The van der Waals surface area contributed by atoms with Crippen molar-refractivity contribution in [3.8, 4) is 0 Å². The molecule has 0 atom stereocenters. The zero-order valence-corrected chi connectivity index (χ0v) is 9.55. The standard InChI is InChI=1S/C12H10SSi/c1-10(11-7-8-13-9-11)14-12-5-3-2-4-6-12/h2-9H,1H2. The second kappa shape index (κ2) is 4.40. The maximum absolute atomic E-state index is 4.11. The van der Waals surface area contributed by atoms with Crippen molar-refractivity contribution in [1.29, 1.82) is 0 Å². The lowest BCUT2D eigenvalue weighted by molar-refractivity contribution is 1.77. The molecule has 0 aliphatic heterocycles. The number of thiophene rings is 1. The highest BCUT2D eigenvalue weighted by atomic mass is 32.1. The number of hydrogen-bond acceptors (Lipinski definition) is 1. The molecule has 0 aliphatic rings. The summed E-state index contributed by atoms with van der Waals surface area (Å²) in [6, 6.07) is 12.6. The van der Waals surface area contributed by atoms with Gasteiger partial charge in [0.25, 0.3) is 0 Å². The predicted octanol–water partition coefficient (Wildman–Crippen LogP) is 2.75. The highest BCUT2D eigenvalue weighted by molar-refractivity contribution is 7.08. The molecule has 2 radical (unpaired) electrons. The molecule has 68 valence electrons. The minimum atomic E-state index is 0.685. The SMILES string of the molecule is C=C([Si]c1ccccc1)c1ccsc1. The Labute approximate surface area is 90.7 Å². The van der Waals surface area contributed by atoms with Gasteiger partial charge in [-0.1, -0.05) is 47.3 Å². The van der Waals surface area contributed by atoms with E-state index in [1.54, 1.807) is 11.3 Å². The first-order chi connectivity index (χ1) is 6.86. The second-order valence-corrected chi connectivity index (χ2v) is 5.19. The third-order valence-electron chi connectivity index (χ3n) is 1.94. The molecule has 0 spiro atoms. The molecule has 2 aromatic rings. The topological polar surface area (TPSA) is 0 Å². The summed E-state index contributed by atoms with van der Waals surface area (Å²) in [6.45, 7) is 4.11. The zero-order valence-electron chi connectivity index (χ0n) is 7.73. The van der Waals surface area contributed by atoms with Crippen LogP contribution >= 0.6 is 11.3 Å².